The Morgan fingerprint density at radius 3 is 3.12 bits per heavy atom. The van der Waals surface area contributed by atoms with Crippen molar-refractivity contribution in [3.8, 4) is 11.3 Å². The zero-order valence-electron chi connectivity index (χ0n) is 9.33. The third-order valence-corrected chi connectivity index (χ3v) is 2.32. The van der Waals surface area contributed by atoms with E-state index in [1.807, 2.05) is 0 Å². The van der Waals surface area contributed by atoms with Gasteiger partial charge in [0.2, 0.25) is 0 Å². The van der Waals surface area contributed by atoms with Crippen LogP contribution >= 0.6 is 0 Å². The number of nitrogen functional groups attached to an aromatic ring is 1. The van der Waals surface area contributed by atoms with Crippen LogP contribution in [0.1, 0.15) is 0 Å². The maximum atomic E-state index is 11.2. The summed E-state index contributed by atoms with van der Waals surface area (Å²) in [5, 5.41) is 0. The van der Waals surface area contributed by atoms with Gasteiger partial charge in [0.1, 0.15) is 12.4 Å². The summed E-state index contributed by atoms with van der Waals surface area (Å²) in [4.78, 5) is 19.1. The maximum absolute atomic E-state index is 11.2. The first-order valence-corrected chi connectivity index (χ1v) is 4.99. The molecule has 17 heavy (non-hydrogen) atoms. The van der Waals surface area contributed by atoms with Crippen LogP contribution in [0.15, 0.2) is 30.9 Å². The molecule has 2 aromatic heterocycles. The Balaban J connectivity index is 2.33. The molecule has 0 bridgehead atoms. The highest BCUT2D eigenvalue weighted by Gasteiger charge is 2.09. The predicted molar refractivity (Wildman–Crippen MR) is 61.9 cm³/mol. The molecule has 2 heterocycles. The number of esters is 1. The Labute approximate surface area is 98.1 Å². The van der Waals surface area contributed by atoms with Gasteiger partial charge in [-0.05, 0) is 12.1 Å². The van der Waals surface area contributed by atoms with Crippen LogP contribution in [0.3, 0.4) is 0 Å². The van der Waals surface area contributed by atoms with Gasteiger partial charge < -0.3 is 15.0 Å². The molecule has 0 radical (unpaired) electrons. The van der Waals surface area contributed by atoms with Crippen LogP contribution < -0.4 is 5.73 Å². The van der Waals surface area contributed by atoms with Crippen molar-refractivity contribution < 1.29 is 9.53 Å². The minimum Gasteiger partial charge on any atom is -0.468 e. The number of methoxy groups -OCH3 is 1. The van der Waals surface area contributed by atoms with Crippen LogP contribution in [0, 0.1) is 0 Å². The predicted octanol–water partition coefficient (Wildman–Crippen LogP) is 0.700. The number of carbonyl (C=O) groups is 1. The van der Waals surface area contributed by atoms with Crippen molar-refractivity contribution in [2.45, 2.75) is 6.54 Å². The van der Waals surface area contributed by atoms with Crippen molar-refractivity contribution >= 4 is 11.8 Å². The van der Waals surface area contributed by atoms with E-state index in [4.69, 9.17) is 5.73 Å². The van der Waals surface area contributed by atoms with Crippen molar-refractivity contribution in [1.29, 1.82) is 0 Å². The number of rotatable bonds is 3. The van der Waals surface area contributed by atoms with E-state index in [2.05, 4.69) is 14.7 Å². The molecule has 0 unspecified atom stereocenters. The lowest BCUT2D eigenvalue weighted by atomic mass is 10.2. The number of anilines is 1. The van der Waals surface area contributed by atoms with Gasteiger partial charge in [0.25, 0.3) is 0 Å². The van der Waals surface area contributed by atoms with Gasteiger partial charge in [-0.3, -0.25) is 4.79 Å². The van der Waals surface area contributed by atoms with E-state index in [0.717, 1.165) is 11.3 Å². The van der Waals surface area contributed by atoms with Gasteiger partial charge in [-0.15, -0.1) is 0 Å². The summed E-state index contributed by atoms with van der Waals surface area (Å²) >= 11 is 0. The second-order valence-electron chi connectivity index (χ2n) is 3.45. The molecule has 6 nitrogen and oxygen atoms in total. The summed E-state index contributed by atoms with van der Waals surface area (Å²) in [5.74, 6) is 0.0968. The molecule has 0 amide bonds. The van der Waals surface area contributed by atoms with Crippen molar-refractivity contribution in [2.24, 2.45) is 0 Å². The molecule has 88 valence electrons. The van der Waals surface area contributed by atoms with E-state index >= 15 is 0 Å². The number of carbonyl (C=O) groups excluding carboxylic acids is 1. The monoisotopic (exact) mass is 232 g/mol. The van der Waals surface area contributed by atoms with Crippen LogP contribution in [-0.2, 0) is 16.1 Å². The molecule has 6 heteroatoms. The molecular weight excluding hydrogens is 220 g/mol. The zero-order chi connectivity index (χ0) is 12.3. The first kappa shape index (κ1) is 11.1. The number of hydrogen-bond donors (Lipinski definition) is 1. The van der Waals surface area contributed by atoms with Gasteiger partial charge in [0.05, 0.1) is 25.3 Å². The van der Waals surface area contributed by atoms with Crippen LogP contribution in [0.5, 0.6) is 0 Å². The van der Waals surface area contributed by atoms with Gasteiger partial charge in [-0.1, -0.05) is 0 Å². The van der Waals surface area contributed by atoms with E-state index < -0.39 is 0 Å². The lowest BCUT2D eigenvalue weighted by Crippen LogP contribution is -2.11. The fraction of sp³-hybridized carbons (Fsp3) is 0.182. The molecule has 2 rings (SSSR count). The third kappa shape index (κ3) is 2.41. The van der Waals surface area contributed by atoms with E-state index in [1.165, 1.54) is 7.11 Å². The molecule has 0 saturated carbocycles. The first-order chi connectivity index (χ1) is 8.20. The quantitative estimate of drug-likeness (QED) is 0.787. The number of nitrogens with zero attached hydrogens (tertiary/aromatic N) is 3. The Hall–Kier alpha value is -2.37. The summed E-state index contributed by atoms with van der Waals surface area (Å²) < 4.78 is 6.31. The second-order valence-corrected chi connectivity index (χ2v) is 3.45. The molecular formula is C11H12N4O2. The Kier molecular flexibility index (Phi) is 3.04. The van der Waals surface area contributed by atoms with Crippen molar-refractivity contribution in [2.75, 3.05) is 12.8 Å². The average molecular weight is 232 g/mol. The standard InChI is InChI=1S/C11H12N4O2/c1-17-11(16)6-15-7-13-5-9(15)8-2-3-14-10(12)4-8/h2-5,7H,6H2,1H3,(H2,12,14). The Morgan fingerprint density at radius 1 is 1.59 bits per heavy atom. The highest BCUT2D eigenvalue weighted by molar-refractivity contribution is 5.71. The van der Waals surface area contributed by atoms with Gasteiger partial charge >= 0.3 is 5.97 Å². The zero-order valence-corrected chi connectivity index (χ0v) is 9.33. The summed E-state index contributed by atoms with van der Waals surface area (Å²) in [6, 6.07) is 3.53. The van der Waals surface area contributed by atoms with E-state index in [1.54, 1.807) is 35.4 Å². The highest BCUT2D eigenvalue weighted by atomic mass is 16.5. The molecule has 0 spiro atoms. The molecule has 2 N–H and O–H groups in total. The van der Waals surface area contributed by atoms with Crippen LogP contribution in [-0.4, -0.2) is 27.6 Å². The molecule has 0 aromatic carbocycles. The SMILES string of the molecule is COC(=O)Cn1cncc1-c1ccnc(N)c1. The Morgan fingerprint density at radius 2 is 2.41 bits per heavy atom. The van der Waals surface area contributed by atoms with E-state index in [9.17, 15) is 4.79 Å². The first-order valence-electron chi connectivity index (χ1n) is 4.99. The van der Waals surface area contributed by atoms with Crippen molar-refractivity contribution in [3.05, 3.63) is 30.9 Å². The molecule has 0 aliphatic rings. The molecule has 0 aliphatic heterocycles. The highest BCUT2D eigenvalue weighted by Crippen LogP contribution is 2.19. The van der Waals surface area contributed by atoms with Crippen molar-refractivity contribution in [1.82, 2.24) is 14.5 Å². The molecule has 0 fully saturated rings. The third-order valence-electron chi connectivity index (χ3n) is 2.32. The van der Waals surface area contributed by atoms with E-state index in [0.29, 0.717) is 5.82 Å². The van der Waals surface area contributed by atoms with E-state index in [-0.39, 0.29) is 12.5 Å². The minimum atomic E-state index is -0.328. The van der Waals surface area contributed by atoms with Gasteiger partial charge in [0, 0.05) is 11.8 Å². The average Bonchev–Trinajstić information content (AvgIpc) is 2.77. The van der Waals surface area contributed by atoms with Gasteiger partial charge in [-0.25, -0.2) is 9.97 Å². The van der Waals surface area contributed by atoms with Crippen LogP contribution in [0.25, 0.3) is 11.3 Å². The van der Waals surface area contributed by atoms with Gasteiger partial charge in [0.15, 0.2) is 0 Å². The number of pyridine rings is 1. The number of nitrogens with two attached hydrogens (primary N) is 1. The smallest absolute Gasteiger partial charge is 0.325 e. The lowest BCUT2D eigenvalue weighted by molar-refractivity contribution is -0.141. The number of imidazole rings is 1. The second kappa shape index (κ2) is 4.65. The molecule has 0 saturated heterocycles. The van der Waals surface area contributed by atoms with Crippen molar-refractivity contribution in [3.63, 3.8) is 0 Å². The summed E-state index contributed by atoms with van der Waals surface area (Å²) in [7, 11) is 1.35. The number of aromatic nitrogens is 3. The minimum absolute atomic E-state index is 0.119. The normalized spacial score (nSPS) is 10.2. The fourth-order valence-corrected chi connectivity index (χ4v) is 1.50. The maximum Gasteiger partial charge on any atom is 0.325 e. The fourth-order valence-electron chi connectivity index (χ4n) is 1.50. The Bertz CT molecular complexity index is 536. The number of hydrogen-bond acceptors (Lipinski definition) is 5. The summed E-state index contributed by atoms with van der Waals surface area (Å²) in [6.45, 7) is 0.119. The van der Waals surface area contributed by atoms with Crippen LogP contribution in [0.2, 0.25) is 0 Å². The topological polar surface area (TPSA) is 83.0 Å². The van der Waals surface area contributed by atoms with Crippen LogP contribution in [0.4, 0.5) is 5.82 Å². The molecule has 0 atom stereocenters. The van der Waals surface area contributed by atoms with Gasteiger partial charge in [-0.2, -0.15) is 0 Å². The molecule has 0 aliphatic carbocycles. The summed E-state index contributed by atoms with van der Waals surface area (Å²) in [5.41, 5.74) is 7.27. The largest absolute Gasteiger partial charge is 0.468 e. The lowest BCUT2D eigenvalue weighted by Gasteiger charge is -2.06. The molecule has 2 aromatic rings. The summed E-state index contributed by atoms with van der Waals surface area (Å²) in [6.07, 6.45) is 4.85. The number of ether oxygens (including phenoxy) is 1.